The third-order valence-electron chi connectivity index (χ3n) is 2.88. The number of hydrogen-bond acceptors (Lipinski definition) is 3. The first-order valence-corrected chi connectivity index (χ1v) is 5.58. The lowest BCUT2D eigenvalue weighted by Crippen LogP contribution is -2.58. The van der Waals surface area contributed by atoms with Crippen LogP contribution in [-0.2, 0) is 9.53 Å². The molecule has 1 spiro atoms. The van der Waals surface area contributed by atoms with E-state index in [0.29, 0.717) is 13.0 Å². The molecule has 1 fully saturated rings. The summed E-state index contributed by atoms with van der Waals surface area (Å²) in [5, 5.41) is 9.38. The molecule has 0 aromatic carbocycles. The summed E-state index contributed by atoms with van der Waals surface area (Å²) in [7, 11) is 0. The summed E-state index contributed by atoms with van der Waals surface area (Å²) in [6.07, 6.45) is 6.65. The second-order valence-electron chi connectivity index (χ2n) is 4.42. The van der Waals surface area contributed by atoms with Gasteiger partial charge < -0.3 is 14.7 Å². The van der Waals surface area contributed by atoms with Gasteiger partial charge in [-0.2, -0.15) is 0 Å². The monoisotopic (exact) mass is 223 g/mol. The van der Waals surface area contributed by atoms with Crippen molar-refractivity contribution in [2.75, 3.05) is 6.61 Å². The van der Waals surface area contributed by atoms with Crippen LogP contribution >= 0.6 is 0 Å². The van der Waals surface area contributed by atoms with Crippen LogP contribution < -0.4 is 0 Å². The zero-order chi connectivity index (χ0) is 11.8. The van der Waals surface area contributed by atoms with E-state index in [2.05, 4.69) is 0 Å². The lowest BCUT2D eigenvalue weighted by molar-refractivity contribution is -0.174. The molecule has 0 saturated carbocycles. The Hall–Kier alpha value is -1.13. The molecule has 1 N–H and O–H groups in total. The Balaban J connectivity index is 2.33. The van der Waals surface area contributed by atoms with Crippen molar-refractivity contribution in [3.05, 3.63) is 24.3 Å². The predicted molar refractivity (Wildman–Crippen MR) is 59.6 cm³/mol. The number of aliphatic hydroxyl groups is 1. The smallest absolute Gasteiger partial charge is 0.227 e. The molecule has 0 unspecified atom stereocenters. The first-order chi connectivity index (χ1) is 7.55. The van der Waals surface area contributed by atoms with Crippen LogP contribution in [0.25, 0.3) is 0 Å². The molecule has 1 amide bonds. The Morgan fingerprint density at radius 1 is 1.50 bits per heavy atom. The molecule has 1 saturated heterocycles. The fraction of sp³-hybridized carbons (Fsp3) is 0.583. The molecule has 1 heterocycles. The number of hydrogen-bond donors (Lipinski definition) is 1. The van der Waals surface area contributed by atoms with E-state index in [-0.39, 0.29) is 11.9 Å². The van der Waals surface area contributed by atoms with Gasteiger partial charge in [-0.25, -0.2) is 0 Å². The Bertz CT molecular complexity index is 332. The number of carbonyl (C=O) groups is 1. The molecular formula is C12H17NO3. The van der Waals surface area contributed by atoms with Crippen LogP contribution in [0.5, 0.6) is 0 Å². The van der Waals surface area contributed by atoms with E-state index in [4.69, 9.17) is 4.74 Å². The van der Waals surface area contributed by atoms with Gasteiger partial charge in [-0.3, -0.25) is 4.79 Å². The van der Waals surface area contributed by atoms with Crippen LogP contribution in [0.1, 0.15) is 20.3 Å². The second-order valence-corrected chi connectivity index (χ2v) is 4.42. The topological polar surface area (TPSA) is 49.8 Å². The highest BCUT2D eigenvalue weighted by atomic mass is 16.5. The molecule has 16 heavy (non-hydrogen) atoms. The molecule has 1 aliphatic heterocycles. The van der Waals surface area contributed by atoms with Crippen molar-refractivity contribution < 1.29 is 14.6 Å². The van der Waals surface area contributed by atoms with E-state index in [0.717, 1.165) is 0 Å². The van der Waals surface area contributed by atoms with E-state index < -0.39 is 11.8 Å². The molecule has 1 aliphatic carbocycles. The minimum atomic E-state index is -0.789. The molecule has 4 nitrogen and oxygen atoms in total. The van der Waals surface area contributed by atoms with Crippen LogP contribution in [0.3, 0.4) is 0 Å². The van der Waals surface area contributed by atoms with Crippen LogP contribution in [-0.4, -0.2) is 40.4 Å². The summed E-state index contributed by atoms with van der Waals surface area (Å²) < 4.78 is 5.72. The molecule has 88 valence electrons. The maximum atomic E-state index is 11.9. The highest BCUT2D eigenvalue weighted by Crippen LogP contribution is 2.31. The average molecular weight is 223 g/mol. The number of carbonyl (C=O) groups excluding carboxylic acids is 1. The van der Waals surface area contributed by atoms with Gasteiger partial charge >= 0.3 is 0 Å². The van der Waals surface area contributed by atoms with Gasteiger partial charge in [-0.15, -0.1) is 0 Å². The van der Waals surface area contributed by atoms with Crippen molar-refractivity contribution in [3.63, 3.8) is 0 Å². The number of ether oxygens (including phenoxy) is 1. The molecule has 0 radical (unpaired) electrons. The van der Waals surface area contributed by atoms with Gasteiger partial charge in [0.2, 0.25) is 5.91 Å². The Labute approximate surface area is 95.2 Å². The van der Waals surface area contributed by atoms with Crippen molar-refractivity contribution in [3.8, 4) is 0 Å². The lowest BCUT2D eigenvalue weighted by Gasteiger charge is -2.46. The van der Waals surface area contributed by atoms with Gasteiger partial charge in [-0.05, 0) is 26.0 Å². The maximum absolute atomic E-state index is 11.9. The molecular weight excluding hydrogens is 206 g/mol. The van der Waals surface area contributed by atoms with Crippen LogP contribution in [0.4, 0.5) is 0 Å². The van der Waals surface area contributed by atoms with E-state index >= 15 is 0 Å². The minimum absolute atomic E-state index is 0.0670. The van der Waals surface area contributed by atoms with Crippen LogP contribution in [0.2, 0.25) is 0 Å². The molecule has 0 aromatic rings. The summed E-state index contributed by atoms with van der Waals surface area (Å²) in [5.74, 6) is 0.0898. The van der Waals surface area contributed by atoms with E-state index in [1.54, 1.807) is 29.2 Å². The summed E-state index contributed by atoms with van der Waals surface area (Å²) >= 11 is 0. The van der Waals surface area contributed by atoms with Crippen LogP contribution in [0.15, 0.2) is 24.3 Å². The van der Waals surface area contributed by atoms with Crippen molar-refractivity contribution in [2.24, 2.45) is 0 Å². The second kappa shape index (κ2) is 4.03. The Morgan fingerprint density at radius 3 is 2.69 bits per heavy atom. The summed E-state index contributed by atoms with van der Waals surface area (Å²) in [4.78, 5) is 13.6. The standard InChI is InChI=1S/C12H17NO3/c1-9(2)13-11(15)5-8-16-12(13)6-3-10(14)4-7-12/h3-4,6-7,9-10,14H,5,8H2,1-2H3. The van der Waals surface area contributed by atoms with Crippen molar-refractivity contribution >= 4 is 5.91 Å². The zero-order valence-corrected chi connectivity index (χ0v) is 9.59. The number of nitrogens with zero attached hydrogens (tertiary/aromatic N) is 1. The normalized spacial score (nSPS) is 34.1. The molecule has 2 rings (SSSR count). The van der Waals surface area contributed by atoms with E-state index in [1.807, 2.05) is 13.8 Å². The first-order valence-electron chi connectivity index (χ1n) is 5.58. The van der Waals surface area contributed by atoms with Crippen molar-refractivity contribution in [1.29, 1.82) is 0 Å². The van der Waals surface area contributed by atoms with Gasteiger partial charge in [-0.1, -0.05) is 12.2 Å². The molecule has 0 atom stereocenters. The van der Waals surface area contributed by atoms with Crippen molar-refractivity contribution in [1.82, 2.24) is 4.90 Å². The fourth-order valence-electron chi connectivity index (χ4n) is 2.23. The number of aliphatic hydroxyl groups excluding tert-OH is 1. The maximum Gasteiger partial charge on any atom is 0.227 e. The van der Waals surface area contributed by atoms with Gasteiger partial charge in [0.15, 0.2) is 5.72 Å². The molecule has 4 heteroatoms. The third kappa shape index (κ3) is 1.79. The Morgan fingerprint density at radius 2 is 2.12 bits per heavy atom. The number of rotatable bonds is 1. The quantitative estimate of drug-likeness (QED) is 0.670. The first kappa shape index (κ1) is 11.4. The molecule has 0 aromatic heterocycles. The summed E-state index contributed by atoms with van der Waals surface area (Å²) in [5.41, 5.74) is -0.789. The molecule has 0 bridgehead atoms. The predicted octanol–water partition coefficient (Wildman–Crippen LogP) is 0.827. The van der Waals surface area contributed by atoms with E-state index in [1.165, 1.54) is 0 Å². The minimum Gasteiger partial charge on any atom is -0.385 e. The van der Waals surface area contributed by atoms with Crippen molar-refractivity contribution in [2.45, 2.75) is 38.1 Å². The highest BCUT2D eigenvalue weighted by molar-refractivity contribution is 5.78. The lowest BCUT2D eigenvalue weighted by atomic mass is 9.99. The largest absolute Gasteiger partial charge is 0.385 e. The van der Waals surface area contributed by atoms with Gasteiger partial charge in [0.05, 0.1) is 19.1 Å². The molecule has 2 aliphatic rings. The van der Waals surface area contributed by atoms with Gasteiger partial charge in [0.25, 0.3) is 0 Å². The van der Waals surface area contributed by atoms with E-state index in [9.17, 15) is 9.90 Å². The summed E-state index contributed by atoms with van der Waals surface area (Å²) in [6.45, 7) is 4.34. The third-order valence-corrected chi connectivity index (χ3v) is 2.88. The van der Waals surface area contributed by atoms with Crippen LogP contribution in [0, 0.1) is 0 Å². The SMILES string of the molecule is CC(C)N1C(=O)CCOC12C=CC(O)C=C2. The van der Waals surface area contributed by atoms with Gasteiger partial charge in [0.1, 0.15) is 0 Å². The zero-order valence-electron chi connectivity index (χ0n) is 9.59. The average Bonchev–Trinajstić information content (AvgIpc) is 2.22. The number of amides is 1. The Kier molecular flexibility index (Phi) is 2.86. The van der Waals surface area contributed by atoms with Gasteiger partial charge in [0, 0.05) is 6.04 Å². The highest BCUT2D eigenvalue weighted by Gasteiger charge is 2.42. The fourth-order valence-corrected chi connectivity index (χ4v) is 2.23. The summed E-state index contributed by atoms with van der Waals surface area (Å²) in [6, 6.07) is 0.0670.